The summed E-state index contributed by atoms with van der Waals surface area (Å²) in [4.78, 5) is 24.9. The summed E-state index contributed by atoms with van der Waals surface area (Å²) in [6, 6.07) is 0. The van der Waals surface area contributed by atoms with E-state index in [4.69, 9.17) is 4.74 Å². The first kappa shape index (κ1) is 15.6. The molecular formula is C19H22O6. The third kappa shape index (κ3) is 1.47. The molecule has 0 aromatic rings. The molecule has 1 spiro atoms. The van der Waals surface area contributed by atoms with Crippen molar-refractivity contribution < 1.29 is 29.6 Å². The van der Waals surface area contributed by atoms with E-state index in [2.05, 4.69) is 6.58 Å². The maximum absolute atomic E-state index is 12.6. The number of esters is 1. The zero-order valence-corrected chi connectivity index (χ0v) is 14.1. The number of carboxylic acids is 1. The summed E-state index contributed by atoms with van der Waals surface area (Å²) in [6.07, 6.45) is 2.14. The summed E-state index contributed by atoms with van der Waals surface area (Å²) in [5.41, 5.74) is -1.23. The van der Waals surface area contributed by atoms with E-state index in [1.807, 2.05) is 0 Å². The molecule has 4 fully saturated rings. The van der Waals surface area contributed by atoms with Crippen LogP contribution < -0.4 is 0 Å². The number of fused-ring (bicyclic) bond motifs is 6. The number of carbonyl (C=O) groups is 2. The van der Waals surface area contributed by atoms with Crippen LogP contribution in [0, 0.1) is 28.6 Å². The van der Waals surface area contributed by atoms with E-state index in [1.165, 1.54) is 0 Å². The highest BCUT2D eigenvalue weighted by Gasteiger charge is 2.75. The van der Waals surface area contributed by atoms with Gasteiger partial charge in [0, 0.05) is 5.92 Å². The molecule has 3 N–H and O–H groups in total. The Kier molecular flexibility index (Phi) is 2.60. The Morgan fingerprint density at radius 3 is 2.84 bits per heavy atom. The molecule has 0 aromatic carbocycles. The molecular weight excluding hydrogens is 324 g/mol. The summed E-state index contributed by atoms with van der Waals surface area (Å²) in [5.74, 6) is -2.92. The molecule has 6 nitrogen and oxygen atoms in total. The lowest BCUT2D eigenvalue weighted by molar-refractivity contribution is -0.157. The molecule has 3 saturated carbocycles. The fourth-order valence-electron chi connectivity index (χ4n) is 6.86. The Hall–Kier alpha value is -1.66. The Balaban J connectivity index is 1.75. The molecule has 5 rings (SSSR count). The number of carbonyl (C=O) groups excluding carboxylic acids is 1. The highest BCUT2D eigenvalue weighted by atomic mass is 16.6. The summed E-state index contributed by atoms with van der Waals surface area (Å²) in [7, 11) is 0. The van der Waals surface area contributed by atoms with Gasteiger partial charge in [-0.3, -0.25) is 9.59 Å². The first-order chi connectivity index (χ1) is 11.6. The molecule has 25 heavy (non-hydrogen) atoms. The van der Waals surface area contributed by atoms with Gasteiger partial charge in [0.2, 0.25) is 0 Å². The third-order valence-corrected chi connectivity index (χ3v) is 7.95. The molecule has 8 atom stereocenters. The molecule has 5 aliphatic rings. The molecule has 0 radical (unpaired) electrons. The van der Waals surface area contributed by atoms with E-state index in [0.29, 0.717) is 31.3 Å². The number of hydrogen-bond donors (Lipinski definition) is 3. The summed E-state index contributed by atoms with van der Waals surface area (Å²) >= 11 is 0. The van der Waals surface area contributed by atoms with Gasteiger partial charge in [-0.1, -0.05) is 12.2 Å². The van der Waals surface area contributed by atoms with Crippen LogP contribution in [0.2, 0.25) is 0 Å². The largest absolute Gasteiger partial charge is 0.481 e. The molecule has 1 aliphatic heterocycles. The molecule has 0 unspecified atom stereocenters. The van der Waals surface area contributed by atoms with Crippen LogP contribution in [-0.2, 0) is 14.3 Å². The zero-order chi connectivity index (χ0) is 17.9. The van der Waals surface area contributed by atoms with Crippen LogP contribution in [0.4, 0.5) is 0 Å². The number of rotatable bonds is 1. The molecule has 0 aromatic heterocycles. The lowest BCUT2D eigenvalue weighted by Crippen LogP contribution is -2.50. The predicted octanol–water partition coefficient (Wildman–Crippen LogP) is 1.03. The first-order valence-corrected chi connectivity index (χ1v) is 8.89. The van der Waals surface area contributed by atoms with Crippen LogP contribution in [0.5, 0.6) is 0 Å². The van der Waals surface area contributed by atoms with E-state index in [9.17, 15) is 24.9 Å². The number of allylic oxidation sites excluding steroid dienone is 1. The predicted molar refractivity (Wildman–Crippen MR) is 85.2 cm³/mol. The van der Waals surface area contributed by atoms with Gasteiger partial charge in [-0.15, -0.1) is 0 Å². The minimum atomic E-state index is -1.24. The highest BCUT2D eigenvalue weighted by Crippen LogP contribution is 2.74. The highest BCUT2D eigenvalue weighted by molar-refractivity contribution is 5.85. The van der Waals surface area contributed by atoms with Gasteiger partial charge in [-0.25, -0.2) is 0 Å². The van der Waals surface area contributed by atoms with E-state index in [0.717, 1.165) is 5.57 Å². The van der Waals surface area contributed by atoms with Gasteiger partial charge in [0.25, 0.3) is 0 Å². The lowest BCUT2D eigenvalue weighted by atomic mass is 9.61. The van der Waals surface area contributed by atoms with Crippen molar-refractivity contribution in [1.29, 1.82) is 0 Å². The standard InChI is InChI=1S/C19H22O6/c1-8-6-18-7-19(8,24)4-3-10(18)9-5-11-14(20)17(2,16(23)25-11)12(9)13(18)15(21)22/h5,10-14,20,24H,1,3-4,6-7H2,2H3,(H,21,22)/t10-,11-,12-,13-,14-,17-,18-,19+/m1/s1. The number of carboxylic acid groups (broad SMARTS) is 1. The first-order valence-electron chi connectivity index (χ1n) is 8.89. The van der Waals surface area contributed by atoms with E-state index >= 15 is 0 Å². The summed E-state index contributed by atoms with van der Waals surface area (Å²) in [6.45, 7) is 5.66. The Morgan fingerprint density at radius 2 is 2.16 bits per heavy atom. The topological polar surface area (TPSA) is 104 Å². The average molecular weight is 346 g/mol. The quantitative estimate of drug-likeness (QED) is 0.484. The molecule has 4 bridgehead atoms. The van der Waals surface area contributed by atoms with Crippen LogP contribution in [-0.4, -0.2) is 45.1 Å². The monoisotopic (exact) mass is 346 g/mol. The van der Waals surface area contributed by atoms with Crippen LogP contribution in [0.15, 0.2) is 23.8 Å². The fraction of sp³-hybridized carbons (Fsp3) is 0.684. The summed E-state index contributed by atoms with van der Waals surface area (Å²) < 4.78 is 5.34. The maximum Gasteiger partial charge on any atom is 0.315 e. The van der Waals surface area contributed by atoms with Gasteiger partial charge in [0.15, 0.2) is 0 Å². The van der Waals surface area contributed by atoms with Crippen LogP contribution in [0.1, 0.15) is 32.6 Å². The van der Waals surface area contributed by atoms with Crippen molar-refractivity contribution in [3.05, 3.63) is 23.8 Å². The molecule has 134 valence electrons. The van der Waals surface area contributed by atoms with Crippen molar-refractivity contribution in [2.24, 2.45) is 28.6 Å². The second kappa shape index (κ2) is 4.18. The van der Waals surface area contributed by atoms with Crippen molar-refractivity contribution in [2.45, 2.75) is 50.4 Å². The summed E-state index contributed by atoms with van der Waals surface area (Å²) in [5, 5.41) is 31.7. The van der Waals surface area contributed by atoms with Crippen molar-refractivity contribution >= 4 is 11.9 Å². The Bertz CT molecular complexity index is 770. The zero-order valence-electron chi connectivity index (χ0n) is 14.1. The van der Waals surface area contributed by atoms with Gasteiger partial charge < -0.3 is 20.1 Å². The minimum absolute atomic E-state index is 0.0121. The normalized spacial score (nSPS) is 55.5. The molecule has 6 heteroatoms. The number of aliphatic hydroxyl groups excluding tert-OH is 1. The van der Waals surface area contributed by atoms with Crippen molar-refractivity contribution in [1.82, 2.24) is 0 Å². The van der Waals surface area contributed by atoms with Crippen LogP contribution in [0.25, 0.3) is 0 Å². The number of hydrogen-bond acceptors (Lipinski definition) is 5. The van der Waals surface area contributed by atoms with Crippen molar-refractivity contribution in [2.75, 3.05) is 0 Å². The maximum atomic E-state index is 12.6. The number of aliphatic hydroxyl groups is 2. The minimum Gasteiger partial charge on any atom is -0.481 e. The number of ether oxygens (including phenoxy) is 1. The van der Waals surface area contributed by atoms with Gasteiger partial charge in [0.1, 0.15) is 17.6 Å². The average Bonchev–Trinajstić information content (AvgIpc) is 2.96. The SMILES string of the molecule is C=C1C[C@@]23C[C@@]1(O)CC[C@@H]2C1=C[C@H]2OC(=O)[C@@](C)([C@@H]2O)[C@H]1[C@@H]3C(=O)O. The molecule has 0 amide bonds. The van der Waals surface area contributed by atoms with Gasteiger partial charge in [-0.2, -0.15) is 0 Å². The van der Waals surface area contributed by atoms with Gasteiger partial charge in [0.05, 0.1) is 11.5 Å². The smallest absolute Gasteiger partial charge is 0.315 e. The molecule has 1 saturated heterocycles. The molecule has 1 heterocycles. The van der Waals surface area contributed by atoms with Crippen LogP contribution >= 0.6 is 0 Å². The molecule has 4 aliphatic carbocycles. The third-order valence-electron chi connectivity index (χ3n) is 7.95. The lowest BCUT2D eigenvalue weighted by Gasteiger charge is -2.41. The van der Waals surface area contributed by atoms with Crippen molar-refractivity contribution in [3.8, 4) is 0 Å². The van der Waals surface area contributed by atoms with E-state index in [1.54, 1.807) is 13.0 Å². The van der Waals surface area contributed by atoms with Crippen LogP contribution in [0.3, 0.4) is 0 Å². The van der Waals surface area contributed by atoms with E-state index < -0.39 is 52.4 Å². The van der Waals surface area contributed by atoms with Gasteiger partial charge in [-0.05, 0) is 55.6 Å². The Morgan fingerprint density at radius 1 is 1.44 bits per heavy atom. The fourth-order valence-corrected chi connectivity index (χ4v) is 6.86. The van der Waals surface area contributed by atoms with Crippen molar-refractivity contribution in [3.63, 3.8) is 0 Å². The second-order valence-corrected chi connectivity index (χ2v) is 8.87. The van der Waals surface area contributed by atoms with E-state index in [-0.39, 0.29) is 5.92 Å². The second-order valence-electron chi connectivity index (χ2n) is 8.87. The number of aliphatic carboxylic acids is 1. The Labute approximate surface area is 145 Å². The van der Waals surface area contributed by atoms with Gasteiger partial charge >= 0.3 is 11.9 Å².